The van der Waals surface area contributed by atoms with Gasteiger partial charge in [0.05, 0.1) is 5.92 Å². The number of hydrogen-bond acceptors (Lipinski definition) is 0. The second kappa shape index (κ2) is 6.93. The molecule has 0 N–H and O–H groups in total. The molecule has 0 heterocycles. The summed E-state index contributed by atoms with van der Waals surface area (Å²) in [5.41, 5.74) is 0.699. The molecule has 0 aliphatic rings. The Bertz CT molecular complexity index is 716. The fourth-order valence-corrected chi connectivity index (χ4v) is 2.63. The van der Waals surface area contributed by atoms with Gasteiger partial charge in [0.1, 0.15) is 5.82 Å². The van der Waals surface area contributed by atoms with Crippen LogP contribution in [0.2, 0.25) is 10.0 Å². The molecule has 0 aromatic heterocycles. The summed E-state index contributed by atoms with van der Waals surface area (Å²) >= 11 is 11.5. The lowest BCUT2D eigenvalue weighted by Crippen LogP contribution is -2.18. The smallest absolute Gasteiger partial charge is 0.207 e. The number of alkyl halides is 3. The molecule has 6 heteroatoms. The largest absolute Gasteiger partial charge is 0.399 e. The van der Waals surface area contributed by atoms with Crippen LogP contribution in [0.15, 0.2) is 42.5 Å². The fourth-order valence-electron chi connectivity index (χ4n) is 2.08. The zero-order chi connectivity index (χ0) is 17.2. The van der Waals surface area contributed by atoms with Crippen molar-refractivity contribution in [3.05, 3.63) is 75.0 Å². The van der Waals surface area contributed by atoms with Crippen molar-refractivity contribution in [1.29, 1.82) is 0 Å². The number of halogens is 6. The van der Waals surface area contributed by atoms with Gasteiger partial charge in [0.2, 0.25) is 0 Å². The molecule has 0 aliphatic carbocycles. The third-order valence-electron chi connectivity index (χ3n) is 3.27. The molecule has 0 spiro atoms. The number of aryl methyl sites for hydroxylation is 1. The van der Waals surface area contributed by atoms with Crippen LogP contribution in [-0.4, -0.2) is 6.18 Å². The fraction of sp³-hybridized carbons (Fsp3) is 0.176. The normalized spacial score (nSPS) is 13.5. The van der Waals surface area contributed by atoms with Gasteiger partial charge in [-0.2, -0.15) is 13.2 Å². The predicted octanol–water partition coefficient (Wildman–Crippen LogP) is 6.80. The van der Waals surface area contributed by atoms with Crippen LogP contribution in [0.5, 0.6) is 0 Å². The van der Waals surface area contributed by atoms with Crippen LogP contribution < -0.4 is 0 Å². The van der Waals surface area contributed by atoms with Crippen LogP contribution in [0, 0.1) is 12.7 Å². The second-order valence-electron chi connectivity index (χ2n) is 5.09. The average Bonchev–Trinajstić information content (AvgIpc) is 2.40. The molecule has 0 saturated heterocycles. The molecular weight excluding hydrogens is 351 g/mol. The van der Waals surface area contributed by atoms with E-state index in [1.807, 2.05) is 0 Å². The maximum absolute atomic E-state index is 13.5. The molecule has 2 rings (SSSR count). The van der Waals surface area contributed by atoms with Crippen molar-refractivity contribution in [1.82, 2.24) is 0 Å². The summed E-state index contributed by atoms with van der Waals surface area (Å²) in [4.78, 5) is 0. The topological polar surface area (TPSA) is 0 Å². The van der Waals surface area contributed by atoms with Gasteiger partial charge in [-0.25, -0.2) is 4.39 Å². The van der Waals surface area contributed by atoms with Crippen molar-refractivity contribution in [2.24, 2.45) is 0 Å². The van der Waals surface area contributed by atoms with E-state index >= 15 is 0 Å². The number of benzene rings is 2. The van der Waals surface area contributed by atoms with Crippen LogP contribution in [0.1, 0.15) is 22.6 Å². The van der Waals surface area contributed by atoms with E-state index in [1.165, 1.54) is 36.4 Å². The van der Waals surface area contributed by atoms with Gasteiger partial charge in [0, 0.05) is 10.0 Å². The maximum atomic E-state index is 13.5. The van der Waals surface area contributed by atoms with Crippen molar-refractivity contribution < 1.29 is 17.6 Å². The number of hydrogen-bond donors (Lipinski definition) is 0. The van der Waals surface area contributed by atoms with Crippen molar-refractivity contribution in [3.8, 4) is 0 Å². The van der Waals surface area contributed by atoms with Gasteiger partial charge in [0.15, 0.2) is 0 Å². The SMILES string of the molecule is Cc1ccc(/C=C/C(c2cc(Cl)cc(Cl)c2)C(F)(F)F)cc1F. The molecule has 0 nitrogen and oxygen atoms in total. The highest BCUT2D eigenvalue weighted by Crippen LogP contribution is 2.38. The molecule has 23 heavy (non-hydrogen) atoms. The summed E-state index contributed by atoms with van der Waals surface area (Å²) < 4.78 is 53.4. The standard InChI is InChI=1S/C17H12Cl2F4/c1-10-2-3-11(6-16(10)20)4-5-15(17(21,22)23)12-7-13(18)9-14(19)8-12/h2-9,15H,1H3/b5-4+. The Kier molecular flexibility index (Phi) is 5.37. The molecule has 0 saturated carbocycles. The Morgan fingerprint density at radius 2 is 1.61 bits per heavy atom. The first-order chi connectivity index (χ1) is 10.7. The Morgan fingerprint density at radius 3 is 2.13 bits per heavy atom. The molecule has 1 atom stereocenters. The molecule has 122 valence electrons. The molecule has 2 aromatic rings. The molecule has 0 bridgehead atoms. The molecule has 0 radical (unpaired) electrons. The number of rotatable bonds is 3. The van der Waals surface area contributed by atoms with Crippen LogP contribution in [0.4, 0.5) is 17.6 Å². The van der Waals surface area contributed by atoms with E-state index in [-0.39, 0.29) is 15.6 Å². The Hall–Kier alpha value is -1.52. The molecule has 2 aromatic carbocycles. The zero-order valence-electron chi connectivity index (χ0n) is 12.0. The van der Waals surface area contributed by atoms with Gasteiger partial charge in [-0.3, -0.25) is 0 Å². The minimum absolute atomic E-state index is 0.0705. The van der Waals surface area contributed by atoms with Crippen LogP contribution in [0.3, 0.4) is 0 Å². The predicted molar refractivity (Wildman–Crippen MR) is 85.4 cm³/mol. The van der Waals surface area contributed by atoms with Gasteiger partial charge in [0.25, 0.3) is 0 Å². The van der Waals surface area contributed by atoms with E-state index in [9.17, 15) is 17.6 Å². The van der Waals surface area contributed by atoms with E-state index in [0.29, 0.717) is 11.1 Å². The highest BCUT2D eigenvalue weighted by Gasteiger charge is 2.39. The molecule has 0 amide bonds. The van der Waals surface area contributed by atoms with E-state index < -0.39 is 17.9 Å². The van der Waals surface area contributed by atoms with E-state index in [0.717, 1.165) is 6.08 Å². The van der Waals surface area contributed by atoms with E-state index in [2.05, 4.69) is 0 Å². The lowest BCUT2D eigenvalue weighted by molar-refractivity contribution is -0.139. The van der Waals surface area contributed by atoms with Gasteiger partial charge < -0.3 is 0 Å². The first-order valence-corrected chi connectivity index (χ1v) is 7.39. The summed E-state index contributed by atoms with van der Waals surface area (Å²) in [5.74, 6) is -2.36. The summed E-state index contributed by atoms with van der Waals surface area (Å²) in [6, 6.07) is 8.03. The summed E-state index contributed by atoms with van der Waals surface area (Å²) in [6.45, 7) is 1.58. The van der Waals surface area contributed by atoms with Crippen molar-refractivity contribution >= 4 is 29.3 Å². The quantitative estimate of drug-likeness (QED) is 0.526. The van der Waals surface area contributed by atoms with Gasteiger partial charge in [-0.1, -0.05) is 47.5 Å². The first-order valence-electron chi connectivity index (χ1n) is 6.64. The van der Waals surface area contributed by atoms with Crippen LogP contribution >= 0.6 is 23.2 Å². The molecule has 0 fully saturated rings. The first kappa shape index (κ1) is 17.8. The average molecular weight is 363 g/mol. The minimum atomic E-state index is -4.52. The summed E-state index contributed by atoms with van der Waals surface area (Å²) in [7, 11) is 0. The second-order valence-corrected chi connectivity index (χ2v) is 5.96. The summed E-state index contributed by atoms with van der Waals surface area (Å²) in [5, 5.41) is 0.244. The van der Waals surface area contributed by atoms with Crippen molar-refractivity contribution in [2.45, 2.75) is 19.0 Å². The lowest BCUT2D eigenvalue weighted by atomic mass is 9.97. The van der Waals surface area contributed by atoms with Gasteiger partial charge in [-0.15, -0.1) is 0 Å². The third kappa shape index (κ3) is 4.72. The van der Waals surface area contributed by atoms with Crippen molar-refractivity contribution in [2.75, 3.05) is 0 Å². The molecule has 1 unspecified atom stereocenters. The maximum Gasteiger partial charge on any atom is 0.399 e. The van der Waals surface area contributed by atoms with E-state index in [1.54, 1.807) is 13.0 Å². The van der Waals surface area contributed by atoms with Crippen molar-refractivity contribution in [3.63, 3.8) is 0 Å². The van der Waals surface area contributed by atoms with Crippen LogP contribution in [-0.2, 0) is 0 Å². The van der Waals surface area contributed by atoms with E-state index in [4.69, 9.17) is 23.2 Å². The Morgan fingerprint density at radius 1 is 1.00 bits per heavy atom. The van der Waals surface area contributed by atoms with Crippen LogP contribution in [0.25, 0.3) is 6.08 Å². The zero-order valence-corrected chi connectivity index (χ0v) is 13.5. The highest BCUT2D eigenvalue weighted by molar-refractivity contribution is 6.34. The summed E-state index contributed by atoms with van der Waals surface area (Å²) in [6.07, 6.45) is -2.32. The Balaban J connectivity index is 2.39. The van der Waals surface area contributed by atoms with Gasteiger partial charge in [-0.05, 0) is 47.9 Å². The minimum Gasteiger partial charge on any atom is -0.207 e. The number of allylic oxidation sites excluding steroid dienone is 1. The third-order valence-corrected chi connectivity index (χ3v) is 3.71. The van der Waals surface area contributed by atoms with Gasteiger partial charge >= 0.3 is 6.18 Å². The highest BCUT2D eigenvalue weighted by atomic mass is 35.5. The monoisotopic (exact) mass is 362 g/mol. The lowest BCUT2D eigenvalue weighted by Gasteiger charge is -2.18. The molecular formula is C17H12Cl2F4. The Labute approximate surface area is 141 Å². The molecule has 0 aliphatic heterocycles.